The van der Waals surface area contributed by atoms with E-state index in [-0.39, 0.29) is 12.1 Å². The lowest BCUT2D eigenvalue weighted by atomic mass is 9.95. The number of fused-ring (bicyclic) bond motifs is 2. The molecule has 0 spiro atoms. The van der Waals surface area contributed by atoms with Crippen LogP contribution in [0.25, 0.3) is 0 Å². The number of hydrogen-bond donors (Lipinski definition) is 1. The van der Waals surface area contributed by atoms with Crippen molar-refractivity contribution in [1.29, 1.82) is 0 Å². The van der Waals surface area contributed by atoms with Crippen LogP contribution in [0, 0.1) is 0 Å². The normalized spacial score (nSPS) is 39.4. The lowest BCUT2D eigenvalue weighted by Gasteiger charge is -2.46. The Labute approximate surface area is 96.3 Å². The fourth-order valence-corrected chi connectivity index (χ4v) is 3.57. The Bertz CT molecular complexity index is 277. The maximum Gasteiger partial charge on any atom is 0.302 e. The summed E-state index contributed by atoms with van der Waals surface area (Å²) in [5, 5.41) is 3.34. The van der Waals surface area contributed by atoms with Gasteiger partial charge in [0.25, 0.3) is 0 Å². The highest BCUT2D eigenvalue weighted by Crippen LogP contribution is 2.38. The fraction of sp³-hybridized carbons (Fsp3) is 0.917. The van der Waals surface area contributed by atoms with Crippen molar-refractivity contribution in [3.05, 3.63) is 0 Å². The molecule has 2 bridgehead atoms. The van der Waals surface area contributed by atoms with Gasteiger partial charge in [-0.2, -0.15) is 0 Å². The number of hydrogen-bond acceptors (Lipinski definition) is 4. The molecule has 4 heteroatoms. The van der Waals surface area contributed by atoms with Gasteiger partial charge in [0, 0.05) is 51.0 Å². The minimum Gasteiger partial charge on any atom is -0.462 e. The van der Waals surface area contributed by atoms with Gasteiger partial charge in [0.1, 0.15) is 6.10 Å². The molecule has 0 amide bonds. The van der Waals surface area contributed by atoms with E-state index in [0.29, 0.717) is 12.1 Å². The second-order valence-electron chi connectivity index (χ2n) is 5.35. The summed E-state index contributed by atoms with van der Waals surface area (Å²) in [6, 6.07) is 2.07. The Morgan fingerprint density at radius 1 is 1.19 bits per heavy atom. The monoisotopic (exact) mass is 224 g/mol. The van der Waals surface area contributed by atoms with Crippen molar-refractivity contribution < 1.29 is 9.53 Å². The molecule has 3 aliphatic heterocycles. The van der Waals surface area contributed by atoms with Crippen molar-refractivity contribution in [3.63, 3.8) is 0 Å². The molecule has 3 aliphatic rings. The SMILES string of the molecule is CC(=O)OC1CC2CCC(C1)N2C1CNC1. The Morgan fingerprint density at radius 2 is 1.81 bits per heavy atom. The quantitative estimate of drug-likeness (QED) is 0.694. The second-order valence-corrected chi connectivity index (χ2v) is 5.35. The van der Waals surface area contributed by atoms with Crippen LogP contribution >= 0.6 is 0 Å². The summed E-state index contributed by atoms with van der Waals surface area (Å²) < 4.78 is 5.37. The van der Waals surface area contributed by atoms with Crippen LogP contribution in [0.15, 0.2) is 0 Å². The van der Waals surface area contributed by atoms with Crippen LogP contribution in [0.4, 0.5) is 0 Å². The zero-order valence-corrected chi connectivity index (χ0v) is 9.82. The number of piperidine rings is 1. The van der Waals surface area contributed by atoms with Crippen LogP contribution in [0.3, 0.4) is 0 Å². The highest BCUT2D eigenvalue weighted by molar-refractivity contribution is 5.66. The number of carbonyl (C=O) groups excluding carboxylic acids is 1. The third-order valence-electron chi connectivity index (χ3n) is 4.26. The number of esters is 1. The number of ether oxygens (including phenoxy) is 1. The molecule has 2 atom stereocenters. The lowest BCUT2D eigenvalue weighted by Crippen LogP contribution is -2.62. The molecule has 16 heavy (non-hydrogen) atoms. The zero-order valence-electron chi connectivity index (χ0n) is 9.82. The van der Waals surface area contributed by atoms with Gasteiger partial charge in [-0.1, -0.05) is 0 Å². The van der Waals surface area contributed by atoms with E-state index < -0.39 is 0 Å². The van der Waals surface area contributed by atoms with Crippen LogP contribution in [-0.2, 0) is 9.53 Å². The van der Waals surface area contributed by atoms with Crippen molar-refractivity contribution in [1.82, 2.24) is 10.2 Å². The third-order valence-corrected chi connectivity index (χ3v) is 4.26. The number of carbonyl (C=O) groups is 1. The Kier molecular flexibility index (Phi) is 2.64. The number of rotatable bonds is 2. The summed E-state index contributed by atoms with van der Waals surface area (Å²) in [6.07, 6.45) is 4.86. The highest BCUT2D eigenvalue weighted by atomic mass is 16.5. The van der Waals surface area contributed by atoms with Gasteiger partial charge in [0.05, 0.1) is 0 Å². The highest BCUT2D eigenvalue weighted by Gasteiger charge is 2.45. The Morgan fingerprint density at radius 3 is 2.25 bits per heavy atom. The van der Waals surface area contributed by atoms with Gasteiger partial charge in [0.15, 0.2) is 0 Å². The van der Waals surface area contributed by atoms with E-state index in [9.17, 15) is 4.79 Å². The van der Waals surface area contributed by atoms with Crippen molar-refractivity contribution in [2.45, 2.75) is 56.8 Å². The van der Waals surface area contributed by atoms with E-state index in [0.717, 1.165) is 32.0 Å². The van der Waals surface area contributed by atoms with Crippen molar-refractivity contribution in [2.75, 3.05) is 13.1 Å². The van der Waals surface area contributed by atoms with Crippen LogP contribution in [0.5, 0.6) is 0 Å². The van der Waals surface area contributed by atoms with E-state index in [1.807, 2.05) is 0 Å². The van der Waals surface area contributed by atoms with Gasteiger partial charge < -0.3 is 10.1 Å². The molecular weight excluding hydrogens is 204 g/mol. The minimum atomic E-state index is -0.122. The first kappa shape index (κ1) is 10.5. The molecule has 0 radical (unpaired) electrons. The van der Waals surface area contributed by atoms with Gasteiger partial charge in [-0.25, -0.2) is 0 Å². The largest absolute Gasteiger partial charge is 0.462 e. The molecule has 3 fully saturated rings. The van der Waals surface area contributed by atoms with E-state index in [2.05, 4.69) is 10.2 Å². The van der Waals surface area contributed by atoms with Crippen molar-refractivity contribution >= 4 is 5.97 Å². The molecule has 0 saturated carbocycles. The fourth-order valence-electron chi connectivity index (χ4n) is 3.57. The smallest absolute Gasteiger partial charge is 0.302 e. The summed E-state index contributed by atoms with van der Waals surface area (Å²) in [5.41, 5.74) is 0. The van der Waals surface area contributed by atoms with E-state index in [1.165, 1.54) is 19.8 Å². The van der Waals surface area contributed by atoms with Crippen LogP contribution in [0.2, 0.25) is 0 Å². The maximum atomic E-state index is 11.0. The first-order chi connectivity index (χ1) is 7.74. The molecule has 0 aromatic carbocycles. The van der Waals surface area contributed by atoms with Crippen molar-refractivity contribution in [3.8, 4) is 0 Å². The van der Waals surface area contributed by atoms with Crippen LogP contribution < -0.4 is 5.32 Å². The Balaban J connectivity index is 1.64. The molecular formula is C12H20N2O2. The zero-order chi connectivity index (χ0) is 11.1. The molecule has 0 aromatic rings. The van der Waals surface area contributed by atoms with Crippen LogP contribution in [0.1, 0.15) is 32.6 Å². The van der Waals surface area contributed by atoms with Gasteiger partial charge >= 0.3 is 5.97 Å². The first-order valence-corrected chi connectivity index (χ1v) is 6.39. The number of nitrogens with zero attached hydrogens (tertiary/aromatic N) is 1. The van der Waals surface area contributed by atoms with Gasteiger partial charge in [0.2, 0.25) is 0 Å². The topological polar surface area (TPSA) is 41.6 Å². The average Bonchev–Trinajstić information content (AvgIpc) is 2.41. The van der Waals surface area contributed by atoms with Gasteiger partial charge in [-0.3, -0.25) is 9.69 Å². The molecule has 0 aliphatic carbocycles. The molecule has 3 heterocycles. The molecule has 3 rings (SSSR count). The summed E-state index contributed by atoms with van der Waals surface area (Å²) in [7, 11) is 0. The molecule has 1 N–H and O–H groups in total. The van der Waals surface area contributed by atoms with Crippen LogP contribution in [-0.4, -0.2) is 48.2 Å². The van der Waals surface area contributed by atoms with Gasteiger partial charge in [-0.05, 0) is 12.8 Å². The summed E-state index contributed by atoms with van der Waals surface area (Å²) >= 11 is 0. The molecule has 2 unspecified atom stereocenters. The molecule has 3 saturated heterocycles. The predicted octanol–water partition coefficient (Wildman–Crippen LogP) is 0.517. The standard InChI is InChI=1S/C12H20N2O2/c1-8(15)16-12-4-9-2-3-10(5-12)14(9)11-6-13-7-11/h9-13H,2-7H2,1H3. The third kappa shape index (κ3) is 1.74. The van der Waals surface area contributed by atoms with E-state index in [1.54, 1.807) is 0 Å². The van der Waals surface area contributed by atoms with Crippen molar-refractivity contribution in [2.24, 2.45) is 0 Å². The summed E-state index contributed by atoms with van der Waals surface area (Å²) in [6.45, 7) is 3.81. The first-order valence-electron chi connectivity index (χ1n) is 6.39. The molecule has 90 valence electrons. The van der Waals surface area contributed by atoms with Gasteiger partial charge in [-0.15, -0.1) is 0 Å². The number of nitrogens with one attached hydrogen (secondary N) is 1. The van der Waals surface area contributed by atoms with E-state index in [4.69, 9.17) is 4.74 Å². The second kappa shape index (κ2) is 4.00. The minimum absolute atomic E-state index is 0.122. The maximum absolute atomic E-state index is 11.0. The lowest BCUT2D eigenvalue weighted by molar-refractivity contribution is -0.150. The average molecular weight is 224 g/mol. The Hall–Kier alpha value is -0.610. The van der Waals surface area contributed by atoms with E-state index >= 15 is 0 Å². The molecule has 4 nitrogen and oxygen atoms in total. The summed E-state index contributed by atoms with van der Waals surface area (Å²) in [5.74, 6) is -0.122. The summed E-state index contributed by atoms with van der Waals surface area (Å²) in [4.78, 5) is 13.7. The predicted molar refractivity (Wildman–Crippen MR) is 60.1 cm³/mol. The molecule has 0 aromatic heterocycles.